The first-order valence-electron chi connectivity index (χ1n) is 9.38. The molecule has 156 valence electrons. The number of carbonyl (C=O) groups is 1. The van der Waals surface area contributed by atoms with Crippen molar-refractivity contribution in [3.8, 4) is 0 Å². The fourth-order valence-corrected chi connectivity index (χ4v) is 4.77. The molecule has 3 aromatic rings. The molecule has 1 aliphatic carbocycles. The highest BCUT2D eigenvalue weighted by Gasteiger charge is 2.26. The Morgan fingerprint density at radius 1 is 1.17 bits per heavy atom. The van der Waals surface area contributed by atoms with Crippen molar-refractivity contribution >= 4 is 32.3 Å². The number of carboxylic acids is 1. The highest BCUT2D eigenvalue weighted by atomic mass is 32.2. The zero-order valence-electron chi connectivity index (χ0n) is 16.2. The molecule has 0 fully saturated rings. The second-order valence-corrected chi connectivity index (χ2v) is 9.49. The van der Waals surface area contributed by atoms with Gasteiger partial charge in [0.25, 0.3) is 0 Å². The van der Waals surface area contributed by atoms with Gasteiger partial charge in [-0.25, -0.2) is 22.0 Å². The Balaban J connectivity index is 1.93. The smallest absolute Gasteiger partial charge is 0.328 e. The summed E-state index contributed by atoms with van der Waals surface area (Å²) in [5, 5.41) is 9.71. The van der Waals surface area contributed by atoms with E-state index in [4.69, 9.17) is 0 Å². The summed E-state index contributed by atoms with van der Waals surface area (Å²) in [6, 6.07) is 8.33. The number of hydrogen-bond acceptors (Lipinski definition) is 3. The van der Waals surface area contributed by atoms with E-state index in [1.165, 1.54) is 18.2 Å². The first kappa shape index (κ1) is 20.3. The van der Waals surface area contributed by atoms with Gasteiger partial charge >= 0.3 is 5.97 Å². The first-order chi connectivity index (χ1) is 14.1. The van der Waals surface area contributed by atoms with Crippen molar-refractivity contribution < 1.29 is 27.1 Å². The number of aryl methyl sites for hydroxylation is 1. The predicted molar refractivity (Wildman–Crippen MR) is 109 cm³/mol. The summed E-state index contributed by atoms with van der Waals surface area (Å²) in [5.41, 5.74) is 2.82. The standard InChI is InChI=1S/C22H19F2NO4S/c1-30(28,29)16-7-5-13(6-8-16)12-25-21-14(9-20(26)27)3-2-4-17(21)18-10-15(23)11-19(24)22(18)25/h5-11H,2-4,12H2,1H3,(H,26,27). The molecule has 4 rings (SSSR count). The molecule has 30 heavy (non-hydrogen) atoms. The van der Waals surface area contributed by atoms with Crippen molar-refractivity contribution in [1.29, 1.82) is 0 Å². The van der Waals surface area contributed by atoms with Crippen molar-refractivity contribution in [2.45, 2.75) is 30.7 Å². The number of aliphatic carboxylic acids is 1. The molecule has 0 saturated carbocycles. The summed E-state index contributed by atoms with van der Waals surface area (Å²) < 4.78 is 53.8. The second-order valence-electron chi connectivity index (χ2n) is 7.47. The molecule has 8 heteroatoms. The topological polar surface area (TPSA) is 76.4 Å². The maximum atomic E-state index is 14.8. The van der Waals surface area contributed by atoms with Crippen LogP contribution in [0, 0.1) is 11.6 Å². The van der Waals surface area contributed by atoms with Crippen LogP contribution in [0.2, 0.25) is 0 Å². The molecule has 0 unspecified atom stereocenters. The number of carboxylic acid groups (broad SMARTS) is 1. The molecule has 0 atom stereocenters. The van der Waals surface area contributed by atoms with Gasteiger partial charge in [0.2, 0.25) is 0 Å². The van der Waals surface area contributed by atoms with E-state index in [0.29, 0.717) is 41.5 Å². The summed E-state index contributed by atoms with van der Waals surface area (Å²) in [5.74, 6) is -2.51. The molecule has 0 amide bonds. The molecule has 1 aliphatic rings. The van der Waals surface area contributed by atoms with Crippen LogP contribution in [0.3, 0.4) is 0 Å². The minimum atomic E-state index is -3.35. The Kier molecular flexibility index (Phi) is 4.97. The fourth-order valence-electron chi connectivity index (χ4n) is 4.14. The normalized spacial score (nSPS) is 15.5. The molecule has 1 aromatic heterocycles. The lowest BCUT2D eigenvalue weighted by atomic mass is 9.91. The molecule has 0 aliphatic heterocycles. The van der Waals surface area contributed by atoms with Crippen molar-refractivity contribution in [1.82, 2.24) is 4.57 Å². The Labute approximate surface area is 172 Å². The molecular formula is C22H19F2NO4S. The van der Waals surface area contributed by atoms with Crippen molar-refractivity contribution in [3.05, 3.63) is 70.9 Å². The Hall–Kier alpha value is -3.00. The van der Waals surface area contributed by atoms with Gasteiger partial charge in [-0.15, -0.1) is 0 Å². The third-order valence-electron chi connectivity index (χ3n) is 5.35. The number of aromatic nitrogens is 1. The zero-order valence-corrected chi connectivity index (χ0v) is 17.0. The maximum absolute atomic E-state index is 14.8. The lowest BCUT2D eigenvalue weighted by Gasteiger charge is -2.19. The van der Waals surface area contributed by atoms with Crippen LogP contribution < -0.4 is 0 Å². The monoisotopic (exact) mass is 431 g/mol. The quantitative estimate of drug-likeness (QED) is 0.629. The lowest BCUT2D eigenvalue weighted by molar-refractivity contribution is -0.131. The van der Waals surface area contributed by atoms with Crippen LogP contribution in [0.25, 0.3) is 16.5 Å². The molecule has 5 nitrogen and oxygen atoms in total. The van der Waals surface area contributed by atoms with E-state index < -0.39 is 27.4 Å². The number of benzene rings is 2. The minimum Gasteiger partial charge on any atom is -0.478 e. The maximum Gasteiger partial charge on any atom is 0.328 e. The van der Waals surface area contributed by atoms with Gasteiger partial charge in [0.15, 0.2) is 9.84 Å². The first-order valence-corrected chi connectivity index (χ1v) is 11.3. The third-order valence-corrected chi connectivity index (χ3v) is 6.47. The molecule has 0 spiro atoms. The SMILES string of the molecule is CS(=O)(=O)c1ccc(Cn2c3c(c4cc(F)cc(F)c42)CCCC3=CC(=O)O)cc1. The van der Waals surface area contributed by atoms with Crippen molar-refractivity contribution in [2.75, 3.05) is 6.26 Å². The van der Waals surface area contributed by atoms with Crippen LogP contribution in [-0.2, 0) is 27.6 Å². The van der Waals surface area contributed by atoms with Crippen LogP contribution in [-0.4, -0.2) is 30.3 Å². The van der Waals surface area contributed by atoms with Crippen LogP contribution in [0.1, 0.15) is 29.7 Å². The lowest BCUT2D eigenvalue weighted by Crippen LogP contribution is -2.10. The molecule has 0 bridgehead atoms. The highest BCUT2D eigenvalue weighted by molar-refractivity contribution is 7.90. The summed E-state index contributed by atoms with van der Waals surface area (Å²) in [6.45, 7) is 0.190. The Morgan fingerprint density at radius 2 is 1.87 bits per heavy atom. The highest BCUT2D eigenvalue weighted by Crippen LogP contribution is 2.39. The van der Waals surface area contributed by atoms with Gasteiger partial charge in [0.1, 0.15) is 11.6 Å². The molecule has 1 N–H and O–H groups in total. The van der Waals surface area contributed by atoms with Gasteiger partial charge in [0, 0.05) is 36.0 Å². The molecular weight excluding hydrogens is 412 g/mol. The molecule has 1 heterocycles. The Morgan fingerprint density at radius 3 is 2.50 bits per heavy atom. The number of sulfone groups is 1. The van der Waals surface area contributed by atoms with E-state index in [2.05, 4.69) is 0 Å². The van der Waals surface area contributed by atoms with Crippen LogP contribution in [0.4, 0.5) is 8.78 Å². The third kappa shape index (κ3) is 3.63. The van der Waals surface area contributed by atoms with E-state index in [9.17, 15) is 27.1 Å². The Bertz CT molecular complexity index is 1310. The van der Waals surface area contributed by atoms with Gasteiger partial charge in [-0.1, -0.05) is 12.1 Å². The number of halogens is 2. The number of hydrogen-bond donors (Lipinski definition) is 1. The van der Waals surface area contributed by atoms with Crippen LogP contribution >= 0.6 is 0 Å². The van der Waals surface area contributed by atoms with Gasteiger partial charge < -0.3 is 9.67 Å². The number of nitrogens with zero attached hydrogens (tertiary/aromatic N) is 1. The minimum absolute atomic E-state index is 0.172. The predicted octanol–water partition coefficient (Wildman–Crippen LogP) is 4.18. The summed E-state index contributed by atoms with van der Waals surface area (Å²) in [4.78, 5) is 11.5. The largest absolute Gasteiger partial charge is 0.478 e. The number of rotatable bonds is 4. The molecule has 2 aromatic carbocycles. The van der Waals surface area contributed by atoms with E-state index in [0.717, 1.165) is 24.0 Å². The average Bonchev–Trinajstić information content (AvgIpc) is 2.96. The van der Waals surface area contributed by atoms with Crippen LogP contribution in [0.5, 0.6) is 0 Å². The van der Waals surface area contributed by atoms with Gasteiger partial charge in [-0.2, -0.15) is 0 Å². The summed E-state index contributed by atoms with van der Waals surface area (Å²) in [6.07, 6.45) is 4.03. The van der Waals surface area contributed by atoms with Gasteiger partial charge in [-0.3, -0.25) is 0 Å². The second kappa shape index (κ2) is 7.36. The van der Waals surface area contributed by atoms with E-state index in [-0.39, 0.29) is 17.0 Å². The van der Waals surface area contributed by atoms with Crippen LogP contribution in [0.15, 0.2) is 47.4 Å². The van der Waals surface area contributed by atoms with E-state index in [1.54, 1.807) is 16.7 Å². The summed E-state index contributed by atoms with van der Waals surface area (Å²) in [7, 11) is -3.35. The van der Waals surface area contributed by atoms with E-state index >= 15 is 0 Å². The number of fused-ring (bicyclic) bond motifs is 3. The van der Waals surface area contributed by atoms with E-state index in [1.807, 2.05) is 0 Å². The fraction of sp³-hybridized carbons (Fsp3) is 0.227. The summed E-state index contributed by atoms with van der Waals surface area (Å²) >= 11 is 0. The van der Waals surface area contributed by atoms with Crippen molar-refractivity contribution in [3.63, 3.8) is 0 Å². The molecule has 0 radical (unpaired) electrons. The zero-order chi connectivity index (χ0) is 21.6. The average molecular weight is 431 g/mol. The van der Waals surface area contributed by atoms with Gasteiger partial charge in [0.05, 0.1) is 10.4 Å². The number of allylic oxidation sites excluding steroid dienone is 1. The van der Waals surface area contributed by atoms with Gasteiger partial charge in [-0.05, 0) is 54.2 Å². The molecule has 0 saturated heterocycles. The van der Waals surface area contributed by atoms with Crippen molar-refractivity contribution in [2.24, 2.45) is 0 Å².